The number of amides is 1. The van der Waals surface area contributed by atoms with Crippen molar-refractivity contribution in [2.45, 2.75) is 6.92 Å². The average molecular weight is 432 g/mol. The quantitative estimate of drug-likeness (QED) is 0.572. The van der Waals surface area contributed by atoms with Crippen LogP contribution in [0.2, 0.25) is 0 Å². The first-order valence-electron chi connectivity index (χ1n) is 6.01. The maximum atomic E-state index is 11.6. The Hall–Kier alpha value is -1.18. The molecule has 1 aromatic carbocycles. The molecule has 1 heterocycles. The fourth-order valence-electron chi connectivity index (χ4n) is 1.45. The molecule has 21 heavy (non-hydrogen) atoms. The van der Waals surface area contributed by atoms with E-state index in [0.29, 0.717) is 5.75 Å². The number of thiophene rings is 1. The van der Waals surface area contributed by atoms with Crippen molar-refractivity contribution in [1.82, 2.24) is 5.43 Å². The van der Waals surface area contributed by atoms with Gasteiger partial charge in [-0.25, -0.2) is 5.43 Å². The van der Waals surface area contributed by atoms with Gasteiger partial charge in [-0.1, -0.05) is 15.9 Å². The number of rotatable bonds is 5. The number of nitrogens with zero attached hydrogens (tertiary/aromatic N) is 1. The van der Waals surface area contributed by atoms with Crippen LogP contribution in [0.3, 0.4) is 0 Å². The van der Waals surface area contributed by atoms with Crippen molar-refractivity contribution in [2.75, 3.05) is 6.61 Å². The van der Waals surface area contributed by atoms with Gasteiger partial charge in [0.15, 0.2) is 6.61 Å². The maximum Gasteiger partial charge on any atom is 0.277 e. The van der Waals surface area contributed by atoms with E-state index < -0.39 is 0 Å². The highest BCUT2D eigenvalue weighted by atomic mass is 79.9. The molecule has 2 rings (SSSR count). The molecule has 0 atom stereocenters. The summed E-state index contributed by atoms with van der Waals surface area (Å²) in [5.41, 5.74) is 3.47. The second kappa shape index (κ2) is 7.72. The Kier molecular flexibility index (Phi) is 5.96. The fraction of sp³-hybridized carbons (Fsp3) is 0.143. The molecule has 4 nitrogen and oxygen atoms in total. The van der Waals surface area contributed by atoms with Gasteiger partial charge in [0.05, 0.1) is 10.0 Å². The predicted molar refractivity (Wildman–Crippen MR) is 92.1 cm³/mol. The van der Waals surface area contributed by atoms with Gasteiger partial charge in [0.2, 0.25) is 0 Å². The standard InChI is InChI=1S/C14H12Br2N2O2S/c1-9-6-10(2-4-12(9)15)20-8-14(19)18-17-7-11-3-5-13(16)21-11/h2-7H,8H2,1H3,(H,18,19). The second-order valence-electron chi connectivity index (χ2n) is 4.13. The number of nitrogens with one attached hydrogen (secondary N) is 1. The number of benzene rings is 1. The maximum absolute atomic E-state index is 11.6. The molecule has 2 aromatic rings. The molecule has 0 saturated carbocycles. The first-order valence-corrected chi connectivity index (χ1v) is 8.41. The summed E-state index contributed by atoms with van der Waals surface area (Å²) in [6.45, 7) is 1.88. The molecule has 0 aliphatic rings. The number of aryl methyl sites for hydroxylation is 1. The summed E-state index contributed by atoms with van der Waals surface area (Å²) in [5.74, 6) is 0.347. The van der Waals surface area contributed by atoms with E-state index >= 15 is 0 Å². The third-order valence-corrected chi connectivity index (χ3v) is 4.92. The average Bonchev–Trinajstić information content (AvgIpc) is 2.86. The van der Waals surface area contributed by atoms with Gasteiger partial charge in [-0.3, -0.25) is 4.79 Å². The van der Waals surface area contributed by atoms with E-state index in [-0.39, 0.29) is 12.5 Å². The summed E-state index contributed by atoms with van der Waals surface area (Å²) in [6.07, 6.45) is 1.59. The van der Waals surface area contributed by atoms with Crippen molar-refractivity contribution < 1.29 is 9.53 Å². The zero-order chi connectivity index (χ0) is 15.2. The minimum atomic E-state index is -0.303. The van der Waals surface area contributed by atoms with Gasteiger partial charge in [-0.05, 0) is 58.7 Å². The zero-order valence-electron chi connectivity index (χ0n) is 11.1. The molecule has 0 fully saturated rings. The number of hydrogen-bond acceptors (Lipinski definition) is 4. The van der Waals surface area contributed by atoms with E-state index in [1.54, 1.807) is 12.3 Å². The van der Waals surface area contributed by atoms with Gasteiger partial charge in [0, 0.05) is 9.35 Å². The van der Waals surface area contributed by atoms with Crippen LogP contribution in [0.25, 0.3) is 0 Å². The molecular weight excluding hydrogens is 420 g/mol. The summed E-state index contributed by atoms with van der Waals surface area (Å²) in [7, 11) is 0. The molecule has 0 spiro atoms. The van der Waals surface area contributed by atoms with Crippen molar-refractivity contribution in [3.63, 3.8) is 0 Å². The third-order valence-electron chi connectivity index (χ3n) is 2.47. The molecule has 0 aliphatic heterocycles. The molecule has 1 aromatic heterocycles. The molecule has 1 amide bonds. The Balaban J connectivity index is 1.79. The Morgan fingerprint density at radius 3 is 2.86 bits per heavy atom. The highest BCUT2D eigenvalue weighted by Crippen LogP contribution is 2.21. The topological polar surface area (TPSA) is 50.7 Å². The van der Waals surface area contributed by atoms with Crippen LogP contribution in [0.5, 0.6) is 5.75 Å². The van der Waals surface area contributed by atoms with Gasteiger partial charge < -0.3 is 4.74 Å². The minimum Gasteiger partial charge on any atom is -0.484 e. The van der Waals surface area contributed by atoms with Crippen molar-refractivity contribution in [3.05, 3.63) is 49.0 Å². The summed E-state index contributed by atoms with van der Waals surface area (Å²) in [6, 6.07) is 9.38. The lowest BCUT2D eigenvalue weighted by Crippen LogP contribution is -2.24. The normalized spacial score (nSPS) is 10.8. The second-order valence-corrected chi connectivity index (χ2v) is 7.48. The van der Waals surface area contributed by atoms with E-state index in [0.717, 1.165) is 18.7 Å². The van der Waals surface area contributed by atoms with Crippen molar-refractivity contribution in [3.8, 4) is 5.75 Å². The van der Waals surface area contributed by atoms with Crippen molar-refractivity contribution in [1.29, 1.82) is 0 Å². The first-order chi connectivity index (χ1) is 10.0. The summed E-state index contributed by atoms with van der Waals surface area (Å²) in [5, 5.41) is 3.88. The van der Waals surface area contributed by atoms with E-state index in [2.05, 4.69) is 42.4 Å². The molecule has 7 heteroatoms. The molecule has 0 unspecified atom stereocenters. The Bertz CT molecular complexity index is 671. The van der Waals surface area contributed by atoms with Crippen molar-refractivity contribution >= 4 is 55.3 Å². The molecule has 0 radical (unpaired) electrons. The lowest BCUT2D eigenvalue weighted by molar-refractivity contribution is -0.123. The number of ether oxygens (including phenoxy) is 1. The number of halogens is 2. The van der Waals surface area contributed by atoms with Crippen LogP contribution in [-0.2, 0) is 4.79 Å². The smallest absolute Gasteiger partial charge is 0.277 e. The van der Waals surface area contributed by atoms with Crippen molar-refractivity contribution in [2.24, 2.45) is 5.10 Å². The van der Waals surface area contributed by atoms with Gasteiger partial charge >= 0.3 is 0 Å². The highest BCUT2D eigenvalue weighted by Gasteiger charge is 2.03. The van der Waals surface area contributed by atoms with Crippen LogP contribution in [-0.4, -0.2) is 18.7 Å². The van der Waals surface area contributed by atoms with Crippen LogP contribution in [0.4, 0.5) is 0 Å². The lowest BCUT2D eigenvalue weighted by Gasteiger charge is -2.06. The number of carbonyl (C=O) groups excluding carboxylic acids is 1. The Morgan fingerprint density at radius 2 is 2.19 bits per heavy atom. The van der Waals surface area contributed by atoms with Crippen LogP contribution in [0.1, 0.15) is 10.4 Å². The molecule has 0 bridgehead atoms. The largest absolute Gasteiger partial charge is 0.484 e. The molecule has 110 valence electrons. The third kappa shape index (κ3) is 5.26. The zero-order valence-corrected chi connectivity index (χ0v) is 15.1. The molecule has 0 aliphatic carbocycles. The van der Waals surface area contributed by atoms with Crippen LogP contribution in [0.15, 0.2) is 43.7 Å². The van der Waals surface area contributed by atoms with E-state index in [1.165, 1.54) is 11.3 Å². The predicted octanol–water partition coefficient (Wildman–Crippen LogP) is 4.11. The van der Waals surface area contributed by atoms with Crippen LogP contribution < -0.4 is 10.2 Å². The van der Waals surface area contributed by atoms with Gasteiger partial charge in [-0.2, -0.15) is 5.10 Å². The molecule has 1 N–H and O–H groups in total. The number of carbonyl (C=O) groups is 1. The number of hydrogen-bond donors (Lipinski definition) is 1. The van der Waals surface area contributed by atoms with Gasteiger partial charge in [0.1, 0.15) is 5.75 Å². The van der Waals surface area contributed by atoms with E-state index in [9.17, 15) is 4.79 Å². The summed E-state index contributed by atoms with van der Waals surface area (Å²) in [4.78, 5) is 12.5. The van der Waals surface area contributed by atoms with E-state index in [4.69, 9.17) is 4.74 Å². The molecular formula is C14H12Br2N2O2S. The van der Waals surface area contributed by atoms with Crippen LogP contribution >= 0.6 is 43.2 Å². The SMILES string of the molecule is Cc1cc(OCC(=O)NN=Cc2ccc(Br)s2)ccc1Br. The lowest BCUT2D eigenvalue weighted by atomic mass is 10.2. The molecule has 0 saturated heterocycles. The van der Waals surface area contributed by atoms with E-state index in [1.807, 2.05) is 31.2 Å². The monoisotopic (exact) mass is 430 g/mol. The first kappa shape index (κ1) is 16.2. The van der Waals surface area contributed by atoms with Gasteiger partial charge in [0.25, 0.3) is 5.91 Å². The Labute approximate surface area is 143 Å². The minimum absolute atomic E-state index is 0.0768. The Morgan fingerprint density at radius 1 is 1.38 bits per heavy atom. The van der Waals surface area contributed by atoms with Gasteiger partial charge in [-0.15, -0.1) is 11.3 Å². The summed E-state index contributed by atoms with van der Waals surface area (Å²) >= 11 is 8.30. The fourth-order valence-corrected chi connectivity index (χ4v) is 3.00. The van der Waals surface area contributed by atoms with Crippen LogP contribution in [0, 0.1) is 6.92 Å². The number of hydrazone groups is 1. The highest BCUT2D eigenvalue weighted by molar-refractivity contribution is 9.11. The summed E-state index contributed by atoms with van der Waals surface area (Å²) < 4.78 is 7.42.